The number of aromatic nitrogens is 2. The summed E-state index contributed by atoms with van der Waals surface area (Å²) in [6.45, 7) is 14.2. The largest absolute Gasteiger partial charge is 0.493 e. The number of hydrogen-bond donors (Lipinski definition) is 2. The topological polar surface area (TPSA) is 85.1 Å². The summed E-state index contributed by atoms with van der Waals surface area (Å²) >= 11 is 0. The zero-order valence-corrected chi connectivity index (χ0v) is 19.5. The molecule has 2 heterocycles. The molecule has 0 saturated carbocycles. The molecule has 0 aliphatic rings. The Morgan fingerprint density at radius 3 is 2.45 bits per heavy atom. The number of nitrogens with one attached hydrogen (secondary N) is 1. The van der Waals surface area contributed by atoms with Crippen LogP contribution in [0.1, 0.15) is 40.3 Å². The SMILES string of the molecule is COc1cn2nc(CC(F)C(C)(C)O[Si](C)(C)C(C)(C)C)cc2cc1NC(=O)O. The van der Waals surface area contributed by atoms with Crippen molar-refractivity contribution < 1.29 is 23.5 Å². The lowest BCUT2D eigenvalue weighted by Gasteiger charge is -2.43. The molecule has 0 aliphatic carbocycles. The maximum atomic E-state index is 15.2. The summed E-state index contributed by atoms with van der Waals surface area (Å²) in [5.74, 6) is 0.327. The van der Waals surface area contributed by atoms with Crippen LogP contribution in [0.25, 0.3) is 5.52 Å². The third-order valence-electron chi connectivity index (χ3n) is 5.54. The summed E-state index contributed by atoms with van der Waals surface area (Å²) in [7, 11) is -0.692. The quantitative estimate of drug-likeness (QED) is 0.602. The number of halogens is 1. The normalized spacial score (nSPS) is 14.1. The average molecular weight is 426 g/mol. The van der Waals surface area contributed by atoms with Crippen LogP contribution >= 0.6 is 0 Å². The second kappa shape index (κ2) is 7.95. The van der Waals surface area contributed by atoms with Crippen LogP contribution in [0.3, 0.4) is 0 Å². The molecule has 2 rings (SSSR count). The minimum Gasteiger partial charge on any atom is -0.493 e. The summed E-state index contributed by atoms with van der Waals surface area (Å²) in [5, 5.41) is 15.7. The van der Waals surface area contributed by atoms with E-state index in [1.807, 2.05) is 0 Å². The Labute approximate surface area is 172 Å². The summed E-state index contributed by atoms with van der Waals surface area (Å²) in [6, 6.07) is 3.34. The van der Waals surface area contributed by atoms with Gasteiger partial charge >= 0.3 is 6.09 Å². The Kier molecular flexibility index (Phi) is 6.34. The van der Waals surface area contributed by atoms with Crippen LogP contribution in [0.4, 0.5) is 14.9 Å². The molecule has 0 aliphatic heterocycles. The molecule has 0 fully saturated rings. The lowest BCUT2D eigenvalue weighted by molar-refractivity contribution is 0.00825. The molecule has 0 aromatic carbocycles. The maximum absolute atomic E-state index is 15.2. The van der Waals surface area contributed by atoms with Crippen LogP contribution in [-0.4, -0.2) is 48.0 Å². The fourth-order valence-electron chi connectivity index (χ4n) is 2.85. The van der Waals surface area contributed by atoms with E-state index in [4.69, 9.17) is 14.3 Å². The van der Waals surface area contributed by atoms with Gasteiger partial charge in [-0.3, -0.25) is 5.32 Å². The fraction of sp³-hybridized carbons (Fsp3) is 0.600. The van der Waals surface area contributed by atoms with E-state index >= 15 is 4.39 Å². The molecule has 29 heavy (non-hydrogen) atoms. The maximum Gasteiger partial charge on any atom is 0.409 e. The lowest BCUT2D eigenvalue weighted by Crippen LogP contribution is -2.51. The van der Waals surface area contributed by atoms with Crippen molar-refractivity contribution in [2.75, 3.05) is 12.4 Å². The van der Waals surface area contributed by atoms with Crippen molar-refractivity contribution in [3.05, 3.63) is 24.0 Å². The molecule has 1 atom stereocenters. The monoisotopic (exact) mass is 425 g/mol. The Hall–Kier alpha value is -2.13. The van der Waals surface area contributed by atoms with E-state index in [0.29, 0.717) is 22.6 Å². The molecule has 0 spiro atoms. The number of amides is 1. The lowest BCUT2D eigenvalue weighted by atomic mass is 9.99. The molecule has 9 heteroatoms. The molecule has 1 unspecified atom stereocenters. The molecule has 0 radical (unpaired) electrons. The number of rotatable bonds is 7. The first-order chi connectivity index (χ1) is 13.2. The van der Waals surface area contributed by atoms with Crippen LogP contribution in [0, 0.1) is 0 Å². The van der Waals surface area contributed by atoms with Crippen LogP contribution in [0.15, 0.2) is 18.3 Å². The molecule has 2 aromatic heterocycles. The standard InChI is InChI=1S/C20H32FN3O4Si/c1-19(2,3)29(7,8)28-20(4,5)17(21)10-13-9-14-11-15(22-18(25)26)16(27-6)12-24(14)23-13/h9,11-12,17,22H,10H2,1-8H3,(H,25,26). The van der Waals surface area contributed by atoms with Crippen molar-refractivity contribution in [1.82, 2.24) is 9.61 Å². The molecule has 2 N–H and O–H groups in total. The van der Waals surface area contributed by atoms with Crippen molar-refractivity contribution in [2.45, 2.75) is 70.9 Å². The molecule has 0 saturated heterocycles. The van der Waals surface area contributed by atoms with E-state index in [9.17, 15) is 4.79 Å². The minimum absolute atomic E-state index is 0.0167. The van der Waals surface area contributed by atoms with Crippen molar-refractivity contribution in [3.8, 4) is 5.75 Å². The number of anilines is 1. The number of hydrogen-bond acceptors (Lipinski definition) is 4. The zero-order valence-electron chi connectivity index (χ0n) is 18.5. The van der Waals surface area contributed by atoms with Gasteiger partial charge in [-0.05, 0) is 44.1 Å². The number of fused-ring (bicyclic) bond motifs is 1. The summed E-state index contributed by atoms with van der Waals surface area (Å²) in [5.41, 5.74) is 0.545. The highest BCUT2D eigenvalue weighted by atomic mass is 28.4. The Bertz CT molecular complexity index is 890. The van der Waals surface area contributed by atoms with Gasteiger partial charge in [-0.25, -0.2) is 13.7 Å². The van der Waals surface area contributed by atoms with Crippen LogP contribution < -0.4 is 10.1 Å². The fourth-order valence-corrected chi connectivity index (χ4v) is 4.60. The van der Waals surface area contributed by atoms with Crippen molar-refractivity contribution in [1.29, 1.82) is 0 Å². The van der Waals surface area contributed by atoms with Crippen molar-refractivity contribution in [3.63, 3.8) is 0 Å². The molecule has 2 aromatic rings. The van der Waals surface area contributed by atoms with Gasteiger partial charge in [0.25, 0.3) is 0 Å². The minimum atomic E-state index is -2.13. The summed E-state index contributed by atoms with van der Waals surface area (Å²) in [4.78, 5) is 11.0. The van der Waals surface area contributed by atoms with E-state index in [1.165, 1.54) is 7.11 Å². The third-order valence-corrected chi connectivity index (χ3v) is 10.2. The molecule has 1 amide bonds. The highest BCUT2D eigenvalue weighted by Crippen LogP contribution is 2.40. The molecular weight excluding hydrogens is 393 g/mol. The number of carboxylic acid groups (broad SMARTS) is 1. The van der Waals surface area contributed by atoms with E-state index in [2.05, 4.69) is 44.3 Å². The summed E-state index contributed by atoms with van der Waals surface area (Å²) < 4.78 is 28.3. The van der Waals surface area contributed by atoms with Gasteiger partial charge in [-0.2, -0.15) is 5.10 Å². The van der Waals surface area contributed by atoms with E-state index in [0.717, 1.165) is 0 Å². The van der Waals surface area contributed by atoms with Gasteiger partial charge in [0.05, 0.1) is 35.8 Å². The highest BCUT2D eigenvalue weighted by molar-refractivity contribution is 6.74. The van der Waals surface area contributed by atoms with Crippen molar-refractivity contribution >= 4 is 25.6 Å². The summed E-state index contributed by atoms with van der Waals surface area (Å²) in [6.07, 6.45) is -0.789. The second-order valence-corrected chi connectivity index (χ2v) is 14.1. The smallest absolute Gasteiger partial charge is 0.409 e. The number of ether oxygens (including phenoxy) is 1. The van der Waals surface area contributed by atoms with Crippen LogP contribution in [0.5, 0.6) is 5.75 Å². The Morgan fingerprint density at radius 1 is 1.31 bits per heavy atom. The average Bonchev–Trinajstić information content (AvgIpc) is 2.92. The zero-order chi connectivity index (χ0) is 22.2. The van der Waals surface area contributed by atoms with E-state index in [-0.39, 0.29) is 11.5 Å². The van der Waals surface area contributed by atoms with Gasteiger partial charge < -0.3 is 14.3 Å². The first-order valence-corrected chi connectivity index (χ1v) is 12.5. The van der Waals surface area contributed by atoms with Crippen LogP contribution in [-0.2, 0) is 10.8 Å². The van der Waals surface area contributed by atoms with Gasteiger partial charge in [0.1, 0.15) is 6.17 Å². The van der Waals surface area contributed by atoms with Crippen molar-refractivity contribution in [2.24, 2.45) is 0 Å². The van der Waals surface area contributed by atoms with Gasteiger partial charge in [0, 0.05) is 6.42 Å². The number of pyridine rings is 1. The predicted octanol–water partition coefficient (Wildman–Crippen LogP) is 5.11. The third kappa shape index (κ3) is 5.27. The molecule has 0 bridgehead atoms. The predicted molar refractivity (Wildman–Crippen MR) is 114 cm³/mol. The first-order valence-electron chi connectivity index (χ1n) is 9.57. The van der Waals surface area contributed by atoms with Gasteiger partial charge in [0.2, 0.25) is 0 Å². The Balaban J connectivity index is 2.25. The number of nitrogens with zero attached hydrogens (tertiary/aromatic N) is 2. The number of alkyl halides is 1. The van der Waals surface area contributed by atoms with Gasteiger partial charge in [-0.15, -0.1) is 0 Å². The molecule has 162 valence electrons. The second-order valence-electron chi connectivity index (χ2n) is 9.33. The number of methoxy groups -OCH3 is 1. The van der Waals surface area contributed by atoms with Gasteiger partial charge in [-0.1, -0.05) is 20.8 Å². The van der Waals surface area contributed by atoms with E-state index < -0.39 is 26.2 Å². The molecular formula is C20H32FN3O4Si. The Morgan fingerprint density at radius 2 is 1.93 bits per heavy atom. The number of carbonyl (C=O) groups is 1. The first kappa shape index (κ1) is 23.1. The van der Waals surface area contributed by atoms with Gasteiger partial charge in [0.15, 0.2) is 14.1 Å². The van der Waals surface area contributed by atoms with Crippen LogP contribution in [0.2, 0.25) is 18.1 Å². The highest BCUT2D eigenvalue weighted by Gasteiger charge is 2.44. The molecule has 7 nitrogen and oxygen atoms in total. The van der Waals surface area contributed by atoms with E-state index in [1.54, 1.807) is 36.7 Å².